The van der Waals surface area contributed by atoms with E-state index in [1.807, 2.05) is 86.6 Å². The molecule has 0 spiro atoms. The van der Waals surface area contributed by atoms with Crippen molar-refractivity contribution in [3.63, 3.8) is 0 Å². The number of hydrogen-bond acceptors (Lipinski definition) is 7. The summed E-state index contributed by atoms with van der Waals surface area (Å²) in [6, 6.07) is 22.0. The number of halogens is 1. The third-order valence-electron chi connectivity index (χ3n) is 6.39. The average Bonchev–Trinajstić information content (AvgIpc) is 3.28. The third kappa shape index (κ3) is 5.78. The number of nitrogens with zero attached hydrogens (tertiary/aromatic N) is 2. The maximum Gasteiger partial charge on any atom is 0.338 e. The molecule has 2 heterocycles. The van der Waals surface area contributed by atoms with Gasteiger partial charge in [-0.1, -0.05) is 72.0 Å². The predicted octanol–water partition coefficient (Wildman–Crippen LogP) is 5.49. The van der Waals surface area contributed by atoms with Gasteiger partial charge in [0.1, 0.15) is 0 Å². The van der Waals surface area contributed by atoms with Crippen LogP contribution < -0.4 is 24.4 Å². The average molecular weight is 634 g/mol. The minimum Gasteiger partial charge on any atom is -0.493 e. The molecule has 210 valence electrons. The minimum atomic E-state index is -0.716. The number of aromatic nitrogens is 1. The van der Waals surface area contributed by atoms with Crippen molar-refractivity contribution in [1.29, 1.82) is 0 Å². The molecular weight excluding hydrogens is 604 g/mol. The summed E-state index contributed by atoms with van der Waals surface area (Å²) in [5.41, 5.74) is 2.86. The lowest BCUT2D eigenvalue weighted by molar-refractivity contribution is -0.138. The first-order chi connectivity index (χ1) is 19.8. The highest BCUT2D eigenvalue weighted by molar-refractivity contribution is 9.10. The van der Waals surface area contributed by atoms with Crippen molar-refractivity contribution < 1.29 is 19.0 Å². The van der Waals surface area contributed by atoms with Gasteiger partial charge in [-0.25, -0.2) is 9.79 Å². The Hall–Kier alpha value is -3.95. The van der Waals surface area contributed by atoms with E-state index in [9.17, 15) is 9.59 Å². The Morgan fingerprint density at radius 2 is 1.78 bits per heavy atom. The lowest BCUT2D eigenvalue weighted by Crippen LogP contribution is -2.39. The fourth-order valence-corrected chi connectivity index (χ4v) is 6.27. The number of rotatable bonds is 8. The second-order valence-electron chi connectivity index (χ2n) is 9.54. The highest BCUT2D eigenvalue weighted by atomic mass is 79.9. The van der Waals surface area contributed by atoms with E-state index in [0.29, 0.717) is 36.6 Å². The van der Waals surface area contributed by atoms with Gasteiger partial charge in [-0.05, 0) is 66.0 Å². The molecule has 0 bridgehead atoms. The van der Waals surface area contributed by atoms with Gasteiger partial charge in [-0.3, -0.25) is 9.36 Å². The van der Waals surface area contributed by atoms with Crippen molar-refractivity contribution in [2.45, 2.75) is 32.9 Å². The Labute approximate surface area is 250 Å². The summed E-state index contributed by atoms with van der Waals surface area (Å²) >= 11 is 4.86. The molecule has 0 amide bonds. The van der Waals surface area contributed by atoms with Crippen LogP contribution in [0.25, 0.3) is 11.8 Å². The number of hydrogen-bond donors (Lipinski definition) is 0. The van der Waals surface area contributed by atoms with E-state index in [1.165, 1.54) is 11.3 Å². The molecule has 0 unspecified atom stereocenters. The number of fused-ring (bicyclic) bond motifs is 1. The van der Waals surface area contributed by atoms with Crippen molar-refractivity contribution >= 4 is 45.0 Å². The molecule has 3 aromatic carbocycles. The lowest BCUT2D eigenvalue weighted by atomic mass is 9.93. The predicted molar refractivity (Wildman–Crippen MR) is 164 cm³/mol. The van der Waals surface area contributed by atoms with Gasteiger partial charge in [0.05, 0.1) is 46.1 Å². The zero-order chi connectivity index (χ0) is 29.1. The summed E-state index contributed by atoms with van der Waals surface area (Å²) in [7, 11) is 1.58. The van der Waals surface area contributed by atoms with Gasteiger partial charge in [0, 0.05) is 5.56 Å². The van der Waals surface area contributed by atoms with Crippen molar-refractivity contribution in [1.82, 2.24) is 4.57 Å². The summed E-state index contributed by atoms with van der Waals surface area (Å²) in [4.78, 5) is 32.9. The van der Waals surface area contributed by atoms with Crippen molar-refractivity contribution in [3.05, 3.63) is 119 Å². The van der Waals surface area contributed by atoms with Crippen molar-refractivity contribution in [3.8, 4) is 11.5 Å². The number of esters is 1. The van der Waals surface area contributed by atoms with Crippen LogP contribution in [0.15, 0.2) is 92.6 Å². The first-order valence-corrected chi connectivity index (χ1v) is 14.8. The van der Waals surface area contributed by atoms with Crippen LogP contribution in [0.2, 0.25) is 0 Å². The molecule has 5 rings (SSSR count). The zero-order valence-electron chi connectivity index (χ0n) is 23.1. The van der Waals surface area contributed by atoms with E-state index in [-0.39, 0.29) is 18.3 Å². The number of carbonyl (C=O) groups excluding carboxylic acids is 1. The van der Waals surface area contributed by atoms with Crippen LogP contribution in [0, 0.1) is 0 Å². The molecule has 0 N–H and O–H groups in total. The first-order valence-electron chi connectivity index (χ1n) is 13.2. The summed E-state index contributed by atoms with van der Waals surface area (Å²) in [5.74, 6) is 0.634. The second-order valence-corrected chi connectivity index (χ2v) is 11.4. The monoisotopic (exact) mass is 632 g/mol. The molecule has 1 atom stereocenters. The molecule has 0 saturated heterocycles. The maximum absolute atomic E-state index is 14.1. The van der Waals surface area contributed by atoms with Crippen LogP contribution in [0.3, 0.4) is 0 Å². The molecule has 1 aliphatic rings. The van der Waals surface area contributed by atoms with Gasteiger partial charge < -0.3 is 14.2 Å². The van der Waals surface area contributed by atoms with Crippen LogP contribution in [0.1, 0.15) is 43.5 Å². The van der Waals surface area contributed by atoms with E-state index >= 15 is 0 Å². The second kappa shape index (κ2) is 12.3. The van der Waals surface area contributed by atoms with E-state index in [2.05, 4.69) is 15.9 Å². The molecule has 41 heavy (non-hydrogen) atoms. The molecule has 0 fully saturated rings. The number of benzene rings is 3. The fraction of sp³-hybridized carbons (Fsp3) is 0.219. The largest absolute Gasteiger partial charge is 0.493 e. The highest BCUT2D eigenvalue weighted by Crippen LogP contribution is 2.38. The topological polar surface area (TPSA) is 79.1 Å². The summed E-state index contributed by atoms with van der Waals surface area (Å²) in [6.45, 7) is 5.84. The first kappa shape index (κ1) is 28.6. The fourth-order valence-electron chi connectivity index (χ4n) is 4.72. The molecule has 9 heteroatoms. The molecular formula is C32H29BrN2O5S. The van der Waals surface area contributed by atoms with Gasteiger partial charge in [0.15, 0.2) is 16.3 Å². The Morgan fingerprint density at radius 1 is 1.10 bits per heavy atom. The normalized spacial score (nSPS) is 15.0. The lowest BCUT2D eigenvalue weighted by Gasteiger charge is -2.25. The molecule has 4 aromatic rings. The van der Waals surface area contributed by atoms with Gasteiger partial charge in [0.25, 0.3) is 5.56 Å². The summed E-state index contributed by atoms with van der Waals surface area (Å²) < 4.78 is 19.8. The van der Waals surface area contributed by atoms with E-state index in [1.54, 1.807) is 24.7 Å². The molecule has 7 nitrogen and oxygen atoms in total. The Morgan fingerprint density at radius 3 is 2.41 bits per heavy atom. The van der Waals surface area contributed by atoms with Crippen molar-refractivity contribution in [2.24, 2.45) is 4.99 Å². The molecule has 1 aliphatic heterocycles. The van der Waals surface area contributed by atoms with E-state index in [0.717, 1.165) is 16.7 Å². The van der Waals surface area contributed by atoms with Crippen molar-refractivity contribution in [2.75, 3.05) is 13.7 Å². The standard InChI is InChI=1S/C32H29BrN2O5S/c1-5-39-31(37)26-27(21-12-8-6-9-13-21)34-32-35(28(26)22-14-10-7-11-15-22)30(36)25(41-32)18-20-16-23(33)29(40-19(2)3)24(17-20)38-4/h6-19,28H,5H2,1-4H3/b25-18-/t28-/m0/s1. The van der Waals surface area contributed by atoms with Gasteiger partial charge in [-0.15, -0.1) is 0 Å². The number of methoxy groups -OCH3 is 1. The number of thiazole rings is 1. The SMILES string of the molecule is CCOC(=O)C1=C(c2ccccc2)N=c2s/c(=C\c3cc(Br)c(OC(C)C)c(OC)c3)c(=O)n2[C@H]1c1ccccc1. The van der Waals surface area contributed by atoms with E-state index < -0.39 is 12.0 Å². The third-order valence-corrected chi connectivity index (χ3v) is 7.96. The Balaban J connectivity index is 1.76. The summed E-state index contributed by atoms with van der Waals surface area (Å²) in [5, 5.41) is 0. The minimum absolute atomic E-state index is 0.0415. The Kier molecular flexibility index (Phi) is 8.56. The highest BCUT2D eigenvalue weighted by Gasteiger charge is 2.35. The molecule has 1 aromatic heterocycles. The van der Waals surface area contributed by atoms with Crippen LogP contribution in [-0.4, -0.2) is 30.4 Å². The van der Waals surface area contributed by atoms with Crippen LogP contribution in [0.4, 0.5) is 0 Å². The maximum atomic E-state index is 14.1. The molecule has 0 radical (unpaired) electrons. The number of carbonyl (C=O) groups is 1. The van der Waals surface area contributed by atoms with Gasteiger partial charge in [-0.2, -0.15) is 0 Å². The quantitative estimate of drug-likeness (QED) is 0.240. The van der Waals surface area contributed by atoms with Crippen LogP contribution in [0.5, 0.6) is 11.5 Å². The smallest absolute Gasteiger partial charge is 0.338 e. The van der Waals surface area contributed by atoms with E-state index in [4.69, 9.17) is 19.2 Å². The van der Waals surface area contributed by atoms with Gasteiger partial charge in [0.2, 0.25) is 0 Å². The Bertz CT molecular complexity index is 1790. The molecule has 0 aliphatic carbocycles. The van der Waals surface area contributed by atoms with Crippen LogP contribution in [-0.2, 0) is 9.53 Å². The van der Waals surface area contributed by atoms with Gasteiger partial charge >= 0.3 is 5.97 Å². The number of ether oxygens (including phenoxy) is 3. The summed E-state index contributed by atoms with van der Waals surface area (Å²) in [6.07, 6.45) is 1.76. The zero-order valence-corrected chi connectivity index (χ0v) is 25.5. The molecule has 0 saturated carbocycles. The van der Waals surface area contributed by atoms with Crippen LogP contribution >= 0.6 is 27.3 Å².